The first-order valence-electron chi connectivity index (χ1n) is 11.0. The first-order valence-corrected chi connectivity index (χ1v) is 12.6. The Labute approximate surface area is 216 Å². The van der Waals surface area contributed by atoms with Crippen molar-refractivity contribution in [3.05, 3.63) is 98.5 Å². The highest BCUT2D eigenvalue weighted by atomic mass is 35.5. The lowest BCUT2D eigenvalue weighted by Crippen LogP contribution is -2.29. The molecular weight excluding hydrogens is 503 g/mol. The third-order valence-electron chi connectivity index (χ3n) is 6.05. The van der Waals surface area contributed by atoms with Gasteiger partial charge in [-0.1, -0.05) is 77.4 Å². The van der Waals surface area contributed by atoms with Crippen LogP contribution in [0, 0.1) is 6.92 Å². The number of hydrogen-bond donors (Lipinski definition) is 1. The zero-order valence-corrected chi connectivity index (χ0v) is 21.2. The summed E-state index contributed by atoms with van der Waals surface area (Å²) in [4.78, 5) is 32.8. The molecule has 5 nitrogen and oxygen atoms in total. The summed E-state index contributed by atoms with van der Waals surface area (Å²) in [5.41, 5.74) is 3.83. The number of nitrogens with zero attached hydrogens (tertiary/aromatic N) is 2. The molecule has 5 rings (SSSR count). The molecule has 1 aliphatic heterocycles. The van der Waals surface area contributed by atoms with Crippen LogP contribution in [-0.2, 0) is 16.0 Å². The van der Waals surface area contributed by atoms with E-state index in [0.717, 1.165) is 27.8 Å². The standard InChI is InChI=1S/C27H20Cl2N2O3S/c1-3-15-7-10-20-21(12-15)35-27(30-20)31-23(16-6-4-5-14(2)11-16)22(25(33)26(31)34)24(32)17-8-9-18(28)19(29)13-17/h4-13,23,32H,3H2,1-2H3/b24-22+. The number of Topliss-reactive ketones (excluding diaryl/α,β-unsaturated/α-hetero) is 1. The zero-order chi connectivity index (χ0) is 24.9. The van der Waals surface area contributed by atoms with E-state index >= 15 is 0 Å². The summed E-state index contributed by atoms with van der Waals surface area (Å²) in [5, 5.41) is 12.2. The van der Waals surface area contributed by atoms with E-state index in [4.69, 9.17) is 23.2 Å². The lowest BCUT2D eigenvalue weighted by atomic mass is 9.94. The van der Waals surface area contributed by atoms with Crippen molar-refractivity contribution in [2.75, 3.05) is 4.90 Å². The van der Waals surface area contributed by atoms with Crippen LogP contribution in [0.25, 0.3) is 16.0 Å². The van der Waals surface area contributed by atoms with E-state index in [1.54, 1.807) is 6.07 Å². The normalized spacial score (nSPS) is 17.5. The molecular formula is C27H20Cl2N2O3S. The molecule has 0 bridgehead atoms. The van der Waals surface area contributed by atoms with Gasteiger partial charge in [-0.2, -0.15) is 0 Å². The van der Waals surface area contributed by atoms with Gasteiger partial charge in [0.15, 0.2) is 5.13 Å². The van der Waals surface area contributed by atoms with Crippen LogP contribution in [0.15, 0.2) is 66.2 Å². The summed E-state index contributed by atoms with van der Waals surface area (Å²) in [7, 11) is 0. The van der Waals surface area contributed by atoms with Gasteiger partial charge in [0.05, 0.1) is 31.9 Å². The molecule has 3 aromatic carbocycles. The quantitative estimate of drug-likeness (QED) is 0.176. The van der Waals surface area contributed by atoms with Crippen LogP contribution in [0.4, 0.5) is 5.13 Å². The van der Waals surface area contributed by atoms with Gasteiger partial charge in [-0.25, -0.2) is 4.98 Å². The summed E-state index contributed by atoms with van der Waals surface area (Å²) >= 11 is 13.5. The first kappa shape index (κ1) is 23.5. The fraction of sp³-hybridized carbons (Fsp3) is 0.148. The van der Waals surface area contributed by atoms with E-state index in [9.17, 15) is 14.7 Å². The fourth-order valence-electron chi connectivity index (χ4n) is 4.26. The molecule has 0 saturated carbocycles. The minimum atomic E-state index is -0.851. The van der Waals surface area contributed by atoms with Gasteiger partial charge in [0.1, 0.15) is 5.76 Å². The summed E-state index contributed by atoms with van der Waals surface area (Å²) in [6.45, 7) is 4.00. The molecule has 1 aliphatic rings. The second-order valence-electron chi connectivity index (χ2n) is 8.36. The van der Waals surface area contributed by atoms with Crippen LogP contribution in [0.3, 0.4) is 0 Å². The number of rotatable bonds is 4. The molecule has 1 fully saturated rings. The van der Waals surface area contributed by atoms with Gasteiger partial charge in [-0.05, 0) is 54.8 Å². The number of benzene rings is 3. The minimum Gasteiger partial charge on any atom is -0.507 e. The third kappa shape index (κ3) is 4.12. The lowest BCUT2D eigenvalue weighted by Gasteiger charge is -2.23. The average Bonchev–Trinajstić information content (AvgIpc) is 3.38. The van der Waals surface area contributed by atoms with E-state index in [2.05, 4.69) is 11.9 Å². The summed E-state index contributed by atoms with van der Waals surface area (Å²) < 4.78 is 0.925. The van der Waals surface area contributed by atoms with Gasteiger partial charge in [0.25, 0.3) is 5.78 Å². The summed E-state index contributed by atoms with van der Waals surface area (Å²) in [6.07, 6.45) is 0.876. The average molecular weight is 523 g/mol. The molecule has 0 aliphatic carbocycles. The lowest BCUT2D eigenvalue weighted by molar-refractivity contribution is -0.132. The van der Waals surface area contributed by atoms with Crippen LogP contribution in [0.1, 0.15) is 35.2 Å². The molecule has 35 heavy (non-hydrogen) atoms. The Morgan fingerprint density at radius 3 is 2.57 bits per heavy atom. The predicted octanol–water partition coefficient (Wildman–Crippen LogP) is 7.10. The maximum Gasteiger partial charge on any atom is 0.301 e. The van der Waals surface area contributed by atoms with Gasteiger partial charge in [-0.3, -0.25) is 14.5 Å². The van der Waals surface area contributed by atoms with Crippen molar-refractivity contribution in [1.82, 2.24) is 4.98 Å². The predicted molar refractivity (Wildman–Crippen MR) is 141 cm³/mol. The van der Waals surface area contributed by atoms with Crippen molar-refractivity contribution >= 4 is 67.3 Å². The molecule has 8 heteroatoms. The molecule has 1 unspecified atom stereocenters. The van der Waals surface area contributed by atoms with E-state index in [0.29, 0.717) is 21.3 Å². The van der Waals surface area contributed by atoms with Crippen LogP contribution >= 0.6 is 34.5 Å². The monoisotopic (exact) mass is 522 g/mol. The highest BCUT2D eigenvalue weighted by molar-refractivity contribution is 7.22. The number of amides is 1. The van der Waals surface area contributed by atoms with Crippen molar-refractivity contribution < 1.29 is 14.7 Å². The van der Waals surface area contributed by atoms with E-state index < -0.39 is 17.7 Å². The summed E-state index contributed by atoms with van der Waals surface area (Å²) in [5.74, 6) is -1.84. The smallest absolute Gasteiger partial charge is 0.301 e. The Balaban J connectivity index is 1.73. The highest BCUT2D eigenvalue weighted by Crippen LogP contribution is 2.44. The third-order valence-corrected chi connectivity index (χ3v) is 7.81. The number of carbonyl (C=O) groups is 2. The van der Waals surface area contributed by atoms with E-state index in [-0.39, 0.29) is 16.4 Å². The number of fused-ring (bicyclic) bond motifs is 1. The van der Waals surface area contributed by atoms with Crippen molar-refractivity contribution in [2.24, 2.45) is 0 Å². The van der Waals surface area contributed by atoms with E-state index in [1.165, 1.54) is 28.4 Å². The molecule has 1 N–H and O–H groups in total. The number of ketones is 1. The fourth-order valence-corrected chi connectivity index (χ4v) is 5.62. The Morgan fingerprint density at radius 1 is 1.06 bits per heavy atom. The Hall–Kier alpha value is -3.19. The SMILES string of the molecule is CCc1ccc2nc(N3C(=O)C(=O)/C(=C(/O)c4ccc(Cl)c(Cl)c4)C3c3cccc(C)c3)sc2c1. The summed E-state index contributed by atoms with van der Waals surface area (Å²) in [6, 6.07) is 17.2. The van der Waals surface area contributed by atoms with Crippen LogP contribution < -0.4 is 4.90 Å². The number of aliphatic hydroxyl groups excluding tert-OH is 1. The van der Waals surface area contributed by atoms with Gasteiger partial charge < -0.3 is 5.11 Å². The molecule has 176 valence electrons. The molecule has 1 aromatic heterocycles. The highest BCUT2D eigenvalue weighted by Gasteiger charge is 2.48. The molecule has 0 radical (unpaired) electrons. The van der Waals surface area contributed by atoms with Crippen molar-refractivity contribution in [3.63, 3.8) is 0 Å². The van der Waals surface area contributed by atoms with Gasteiger partial charge >= 0.3 is 5.91 Å². The van der Waals surface area contributed by atoms with E-state index in [1.807, 2.05) is 49.4 Å². The molecule has 0 spiro atoms. The minimum absolute atomic E-state index is 0.0208. The van der Waals surface area contributed by atoms with Crippen LogP contribution in [0.2, 0.25) is 10.0 Å². The van der Waals surface area contributed by atoms with Crippen molar-refractivity contribution in [3.8, 4) is 0 Å². The van der Waals surface area contributed by atoms with Crippen LogP contribution in [0.5, 0.6) is 0 Å². The van der Waals surface area contributed by atoms with Gasteiger partial charge in [0.2, 0.25) is 0 Å². The Morgan fingerprint density at radius 2 is 1.86 bits per heavy atom. The van der Waals surface area contributed by atoms with Gasteiger partial charge in [0, 0.05) is 5.56 Å². The Kier molecular flexibility index (Phi) is 6.13. The van der Waals surface area contributed by atoms with Gasteiger partial charge in [-0.15, -0.1) is 0 Å². The number of carbonyl (C=O) groups excluding carboxylic acids is 2. The maximum atomic E-state index is 13.4. The largest absolute Gasteiger partial charge is 0.507 e. The van der Waals surface area contributed by atoms with Crippen LogP contribution in [-0.4, -0.2) is 21.8 Å². The topological polar surface area (TPSA) is 70.5 Å². The number of thiazole rings is 1. The second kappa shape index (κ2) is 9.11. The first-order chi connectivity index (χ1) is 16.8. The number of hydrogen-bond acceptors (Lipinski definition) is 5. The van der Waals surface area contributed by atoms with Crippen molar-refractivity contribution in [2.45, 2.75) is 26.3 Å². The molecule has 4 aromatic rings. The molecule has 1 atom stereocenters. The maximum absolute atomic E-state index is 13.4. The Bertz CT molecular complexity index is 1540. The zero-order valence-electron chi connectivity index (χ0n) is 18.9. The number of anilines is 1. The molecule has 1 amide bonds. The number of aryl methyl sites for hydroxylation is 2. The number of aromatic nitrogens is 1. The molecule has 2 heterocycles. The molecule has 1 saturated heterocycles. The number of aliphatic hydroxyl groups is 1. The number of halogens is 2. The second-order valence-corrected chi connectivity index (χ2v) is 10.2. The van der Waals surface area contributed by atoms with Crippen molar-refractivity contribution in [1.29, 1.82) is 0 Å².